The molecule has 40 heavy (non-hydrogen) atoms. The van der Waals surface area contributed by atoms with Crippen LogP contribution in [0.2, 0.25) is 10.0 Å². The Hall–Kier alpha value is -2.69. The van der Waals surface area contributed by atoms with Crippen LogP contribution in [-0.4, -0.2) is 56.8 Å². The number of nitrogens with one attached hydrogen (secondary N) is 1. The second kappa shape index (κ2) is 13.3. The van der Waals surface area contributed by atoms with Crippen molar-refractivity contribution in [1.82, 2.24) is 10.2 Å². The Morgan fingerprint density at radius 1 is 1.05 bits per heavy atom. The fourth-order valence-electron chi connectivity index (χ4n) is 5.03. The quantitative estimate of drug-likeness (QED) is 0.377. The molecule has 1 saturated carbocycles. The Labute approximate surface area is 245 Å². The third kappa shape index (κ3) is 7.73. The highest BCUT2D eigenvalue weighted by Crippen LogP contribution is 2.36. The molecule has 1 fully saturated rings. The van der Waals surface area contributed by atoms with Crippen LogP contribution in [0.15, 0.2) is 36.4 Å². The van der Waals surface area contributed by atoms with E-state index < -0.39 is 16.1 Å². The summed E-state index contributed by atoms with van der Waals surface area (Å²) in [4.78, 5) is 28.3. The molecule has 2 aromatic rings. The zero-order valence-electron chi connectivity index (χ0n) is 22.7. The Kier molecular flexibility index (Phi) is 10.1. The first-order valence-corrected chi connectivity index (χ1v) is 16.0. The Morgan fingerprint density at radius 3 is 2.48 bits per heavy atom. The summed E-state index contributed by atoms with van der Waals surface area (Å²) >= 11 is 12.5. The predicted molar refractivity (Wildman–Crippen MR) is 155 cm³/mol. The van der Waals surface area contributed by atoms with Crippen molar-refractivity contribution in [3.05, 3.63) is 52.0 Å². The first-order chi connectivity index (χ1) is 19.0. The number of ether oxygens (including phenoxy) is 2. The first-order valence-electron chi connectivity index (χ1n) is 13.4. The number of anilines is 1. The summed E-state index contributed by atoms with van der Waals surface area (Å²) in [7, 11) is -3.64. The molecular formula is C28H35Cl2N3O6S. The van der Waals surface area contributed by atoms with Crippen molar-refractivity contribution in [2.24, 2.45) is 0 Å². The molecule has 2 amide bonds. The standard InChI is InChI=1S/C28H35Cl2N3O6S/c1-19(28(35)31-22-7-4-3-5-8-22)32(17-20-10-11-21(29)15-24(20)30)27(34)9-6-14-33(40(2,36)37)23-12-13-25-26(16-23)39-18-38-25/h10-13,15-16,19,22H,3-9,14,17-18H2,1-2H3,(H,31,35). The van der Waals surface area contributed by atoms with Crippen LogP contribution in [0.4, 0.5) is 5.69 Å². The number of nitrogens with zero attached hydrogens (tertiary/aromatic N) is 2. The average Bonchev–Trinajstić information content (AvgIpc) is 3.38. The number of hydrogen-bond donors (Lipinski definition) is 1. The SMILES string of the molecule is CC(C(=O)NC1CCCCC1)N(Cc1ccc(Cl)cc1Cl)C(=O)CCCN(c1ccc2c(c1)OCO2)S(C)(=O)=O. The van der Waals surface area contributed by atoms with Crippen LogP contribution in [0.25, 0.3) is 0 Å². The summed E-state index contributed by atoms with van der Waals surface area (Å²) in [5.41, 5.74) is 1.08. The molecule has 2 aromatic carbocycles. The lowest BCUT2D eigenvalue weighted by molar-refractivity contribution is -0.141. The number of carbonyl (C=O) groups is 2. The zero-order chi connectivity index (χ0) is 28.9. The van der Waals surface area contributed by atoms with Crippen molar-refractivity contribution in [2.45, 2.75) is 70.5 Å². The van der Waals surface area contributed by atoms with E-state index in [2.05, 4.69) is 5.32 Å². The molecular weight excluding hydrogens is 577 g/mol. The van der Waals surface area contributed by atoms with E-state index in [-0.39, 0.29) is 50.6 Å². The molecule has 0 spiro atoms. The Bertz CT molecular complexity index is 1330. The van der Waals surface area contributed by atoms with Crippen LogP contribution >= 0.6 is 23.2 Å². The lowest BCUT2D eigenvalue weighted by Gasteiger charge is -2.32. The van der Waals surface area contributed by atoms with Crippen LogP contribution in [0.5, 0.6) is 11.5 Å². The summed E-state index contributed by atoms with van der Waals surface area (Å²) in [6, 6.07) is 9.29. The molecule has 2 aliphatic rings. The minimum atomic E-state index is -3.64. The highest BCUT2D eigenvalue weighted by molar-refractivity contribution is 7.92. The molecule has 218 valence electrons. The largest absolute Gasteiger partial charge is 0.454 e. The number of halogens is 2. The molecule has 0 saturated heterocycles. The van der Waals surface area contributed by atoms with Crippen molar-refractivity contribution >= 4 is 50.7 Å². The van der Waals surface area contributed by atoms with Gasteiger partial charge in [-0.2, -0.15) is 0 Å². The van der Waals surface area contributed by atoms with Crippen molar-refractivity contribution in [3.8, 4) is 11.5 Å². The first kappa shape index (κ1) is 30.3. The summed E-state index contributed by atoms with van der Waals surface area (Å²) < 4.78 is 37.2. The highest BCUT2D eigenvalue weighted by atomic mass is 35.5. The van der Waals surface area contributed by atoms with Crippen molar-refractivity contribution in [1.29, 1.82) is 0 Å². The molecule has 1 N–H and O–H groups in total. The van der Waals surface area contributed by atoms with E-state index in [0.717, 1.165) is 31.9 Å². The molecule has 1 aliphatic heterocycles. The van der Waals surface area contributed by atoms with Crippen molar-refractivity contribution < 1.29 is 27.5 Å². The van der Waals surface area contributed by atoms with Crippen LogP contribution in [0, 0.1) is 0 Å². The van der Waals surface area contributed by atoms with Gasteiger partial charge in [0.15, 0.2) is 11.5 Å². The van der Waals surface area contributed by atoms with E-state index in [1.165, 1.54) is 15.6 Å². The van der Waals surface area contributed by atoms with Gasteiger partial charge in [0.2, 0.25) is 28.6 Å². The molecule has 1 atom stereocenters. The van der Waals surface area contributed by atoms with Crippen LogP contribution < -0.4 is 19.1 Å². The molecule has 12 heteroatoms. The van der Waals surface area contributed by atoms with E-state index in [0.29, 0.717) is 32.8 Å². The minimum absolute atomic E-state index is 0.0306. The van der Waals surface area contributed by atoms with Crippen molar-refractivity contribution in [3.63, 3.8) is 0 Å². The molecule has 0 bridgehead atoms. The van der Waals surface area contributed by atoms with Gasteiger partial charge in [-0.3, -0.25) is 13.9 Å². The van der Waals surface area contributed by atoms with Gasteiger partial charge in [-0.05, 0) is 56.0 Å². The number of rotatable bonds is 11. The lowest BCUT2D eigenvalue weighted by atomic mass is 9.95. The topological polar surface area (TPSA) is 105 Å². The Morgan fingerprint density at radius 2 is 1.77 bits per heavy atom. The minimum Gasteiger partial charge on any atom is -0.454 e. The number of amides is 2. The Balaban J connectivity index is 1.47. The van der Waals surface area contributed by atoms with Gasteiger partial charge in [0.1, 0.15) is 6.04 Å². The zero-order valence-corrected chi connectivity index (χ0v) is 25.0. The van der Waals surface area contributed by atoms with Gasteiger partial charge in [-0.1, -0.05) is 48.5 Å². The lowest BCUT2D eigenvalue weighted by Crippen LogP contribution is -2.50. The number of fused-ring (bicyclic) bond motifs is 1. The number of hydrogen-bond acceptors (Lipinski definition) is 6. The van der Waals surface area contributed by atoms with E-state index >= 15 is 0 Å². The molecule has 0 aromatic heterocycles. The fraction of sp³-hybridized carbons (Fsp3) is 0.500. The number of sulfonamides is 1. The number of carbonyl (C=O) groups excluding carboxylic acids is 2. The molecule has 9 nitrogen and oxygen atoms in total. The normalized spacial score (nSPS) is 15.9. The third-order valence-corrected chi connectivity index (χ3v) is 9.05. The molecule has 4 rings (SSSR count). The summed E-state index contributed by atoms with van der Waals surface area (Å²) in [6.07, 6.45) is 6.55. The van der Waals surface area contributed by atoms with Gasteiger partial charge in [-0.25, -0.2) is 8.42 Å². The maximum absolute atomic E-state index is 13.6. The fourth-order valence-corrected chi connectivity index (χ4v) is 6.45. The highest BCUT2D eigenvalue weighted by Gasteiger charge is 2.29. The maximum Gasteiger partial charge on any atom is 0.242 e. The van der Waals surface area contributed by atoms with Crippen LogP contribution in [0.1, 0.15) is 57.4 Å². The smallest absolute Gasteiger partial charge is 0.242 e. The molecule has 0 radical (unpaired) electrons. The van der Waals surface area contributed by atoms with Crippen molar-refractivity contribution in [2.75, 3.05) is 23.9 Å². The summed E-state index contributed by atoms with van der Waals surface area (Å²) in [5.74, 6) is 0.510. The van der Waals surface area contributed by atoms with Gasteiger partial charge in [0.05, 0.1) is 11.9 Å². The monoisotopic (exact) mass is 611 g/mol. The average molecular weight is 613 g/mol. The third-order valence-electron chi connectivity index (χ3n) is 7.27. The predicted octanol–water partition coefficient (Wildman–Crippen LogP) is 5.13. The second-order valence-electron chi connectivity index (χ2n) is 10.3. The van der Waals surface area contributed by atoms with Gasteiger partial charge >= 0.3 is 0 Å². The van der Waals surface area contributed by atoms with Gasteiger partial charge < -0.3 is 19.7 Å². The molecule has 1 heterocycles. The summed E-state index contributed by atoms with van der Waals surface area (Å²) in [6.45, 7) is 1.97. The van der Waals surface area contributed by atoms with Gasteiger partial charge in [0, 0.05) is 41.7 Å². The van der Waals surface area contributed by atoms with Gasteiger partial charge in [0.25, 0.3) is 0 Å². The number of benzene rings is 2. The van der Waals surface area contributed by atoms with Gasteiger partial charge in [-0.15, -0.1) is 0 Å². The van der Waals surface area contributed by atoms with Crippen LogP contribution in [-0.2, 0) is 26.2 Å². The molecule has 1 aliphatic carbocycles. The van der Waals surface area contributed by atoms with E-state index in [1.807, 2.05) is 0 Å². The second-order valence-corrected chi connectivity index (χ2v) is 13.0. The van der Waals surface area contributed by atoms with E-state index in [1.54, 1.807) is 43.3 Å². The van der Waals surface area contributed by atoms with E-state index in [4.69, 9.17) is 32.7 Å². The maximum atomic E-state index is 13.6. The van der Waals surface area contributed by atoms with Crippen LogP contribution in [0.3, 0.4) is 0 Å². The molecule has 1 unspecified atom stereocenters. The summed E-state index contributed by atoms with van der Waals surface area (Å²) in [5, 5.41) is 3.97. The van der Waals surface area contributed by atoms with E-state index in [9.17, 15) is 18.0 Å².